The first-order valence-corrected chi connectivity index (χ1v) is 8.91. The van der Waals surface area contributed by atoms with Gasteiger partial charge in [0.1, 0.15) is 5.82 Å². The third-order valence-electron chi connectivity index (χ3n) is 4.95. The van der Waals surface area contributed by atoms with Crippen molar-refractivity contribution in [3.63, 3.8) is 0 Å². The van der Waals surface area contributed by atoms with Crippen molar-refractivity contribution in [1.29, 1.82) is 0 Å². The summed E-state index contributed by atoms with van der Waals surface area (Å²) in [5.41, 5.74) is 1.28. The van der Waals surface area contributed by atoms with Gasteiger partial charge in [0.15, 0.2) is 17.2 Å². The minimum Gasteiger partial charge on any atom is -0.448 e. The smallest absolute Gasteiger partial charge is 0.291 e. The lowest BCUT2D eigenvalue weighted by molar-refractivity contribution is 0.0997. The molecule has 27 heavy (non-hydrogen) atoms. The summed E-state index contributed by atoms with van der Waals surface area (Å²) in [5, 5.41) is 3.37. The van der Waals surface area contributed by atoms with Crippen molar-refractivity contribution >= 4 is 28.4 Å². The Bertz CT molecular complexity index is 976. The Labute approximate surface area is 156 Å². The van der Waals surface area contributed by atoms with Gasteiger partial charge in [-0.3, -0.25) is 4.79 Å². The highest BCUT2D eigenvalue weighted by Gasteiger charge is 2.20. The second kappa shape index (κ2) is 7.00. The van der Waals surface area contributed by atoms with Crippen LogP contribution in [0.25, 0.3) is 11.0 Å². The second-order valence-electron chi connectivity index (χ2n) is 6.82. The molecular weight excluding hydrogens is 347 g/mol. The van der Waals surface area contributed by atoms with Gasteiger partial charge < -0.3 is 19.5 Å². The van der Waals surface area contributed by atoms with Crippen molar-refractivity contribution in [3.8, 4) is 0 Å². The van der Waals surface area contributed by atoms with E-state index in [0.717, 1.165) is 32.0 Å². The highest BCUT2D eigenvalue weighted by Crippen LogP contribution is 2.28. The van der Waals surface area contributed by atoms with Gasteiger partial charge in [-0.2, -0.15) is 0 Å². The highest BCUT2D eigenvalue weighted by molar-refractivity contribution is 6.06. The van der Waals surface area contributed by atoms with E-state index in [2.05, 4.69) is 27.1 Å². The van der Waals surface area contributed by atoms with Gasteiger partial charge in [-0.15, -0.1) is 0 Å². The highest BCUT2D eigenvalue weighted by atomic mass is 19.1. The van der Waals surface area contributed by atoms with E-state index in [0.29, 0.717) is 16.6 Å². The topological polar surface area (TPSA) is 61.6 Å². The average molecular weight is 368 g/mol. The number of furan rings is 1. The first-order valence-electron chi connectivity index (χ1n) is 8.91. The summed E-state index contributed by atoms with van der Waals surface area (Å²) in [5.74, 6) is 0.103. The van der Waals surface area contributed by atoms with Crippen LogP contribution in [0.4, 0.5) is 15.9 Å². The Morgan fingerprint density at radius 3 is 2.63 bits per heavy atom. The molecule has 6 nitrogen and oxygen atoms in total. The molecule has 1 aliphatic heterocycles. The summed E-state index contributed by atoms with van der Waals surface area (Å²) >= 11 is 0. The molecule has 0 saturated carbocycles. The maximum atomic E-state index is 13.9. The lowest BCUT2D eigenvalue weighted by Gasteiger charge is -2.33. The third kappa shape index (κ3) is 3.38. The number of nitrogens with zero attached hydrogens (tertiary/aromatic N) is 3. The van der Waals surface area contributed by atoms with E-state index >= 15 is 0 Å². The zero-order valence-corrected chi connectivity index (χ0v) is 15.3. The molecule has 0 unspecified atom stereocenters. The molecule has 1 amide bonds. The van der Waals surface area contributed by atoms with E-state index < -0.39 is 11.7 Å². The maximum absolute atomic E-state index is 13.9. The summed E-state index contributed by atoms with van der Waals surface area (Å²) < 4.78 is 19.3. The lowest BCUT2D eigenvalue weighted by Crippen LogP contribution is -2.44. The van der Waals surface area contributed by atoms with E-state index in [4.69, 9.17) is 4.42 Å². The molecule has 0 spiro atoms. The van der Waals surface area contributed by atoms with Crippen LogP contribution in [-0.4, -0.2) is 49.0 Å². The van der Waals surface area contributed by atoms with E-state index in [9.17, 15) is 9.18 Å². The average Bonchev–Trinajstić information content (AvgIpc) is 3.02. The van der Waals surface area contributed by atoms with Gasteiger partial charge in [0.2, 0.25) is 0 Å². The summed E-state index contributed by atoms with van der Waals surface area (Å²) in [7, 11) is 2.11. The van der Waals surface area contributed by atoms with E-state index in [1.54, 1.807) is 25.3 Å². The molecule has 4 rings (SSSR count). The normalized spacial score (nSPS) is 15.3. The van der Waals surface area contributed by atoms with Crippen molar-refractivity contribution < 1.29 is 13.6 Å². The monoisotopic (exact) mass is 368 g/mol. The van der Waals surface area contributed by atoms with E-state index in [-0.39, 0.29) is 11.3 Å². The summed E-state index contributed by atoms with van der Waals surface area (Å²) in [4.78, 5) is 21.5. The van der Waals surface area contributed by atoms with Crippen LogP contribution in [0, 0.1) is 12.7 Å². The molecule has 1 saturated heterocycles. The molecule has 7 heteroatoms. The van der Waals surface area contributed by atoms with Crippen LogP contribution in [0.2, 0.25) is 0 Å². The number of likely N-dealkylation sites (N-methyl/N-ethyl adjacent to an activating group) is 1. The van der Waals surface area contributed by atoms with Crippen molar-refractivity contribution in [2.45, 2.75) is 6.92 Å². The molecule has 3 heterocycles. The van der Waals surface area contributed by atoms with Crippen LogP contribution in [0.15, 0.2) is 40.9 Å². The van der Waals surface area contributed by atoms with Gasteiger partial charge in [0.25, 0.3) is 5.91 Å². The van der Waals surface area contributed by atoms with Crippen LogP contribution in [-0.2, 0) is 0 Å². The number of nitrogens with one attached hydrogen (secondary N) is 1. The number of carbonyl (C=O) groups is 1. The predicted octanol–water partition coefficient (Wildman–Crippen LogP) is 3.28. The number of aryl methyl sites for hydroxylation is 1. The van der Waals surface area contributed by atoms with Gasteiger partial charge in [-0.25, -0.2) is 9.37 Å². The lowest BCUT2D eigenvalue weighted by atomic mass is 10.1. The number of fused-ring (bicyclic) bond motifs is 1. The number of aromatic nitrogens is 1. The molecule has 0 atom stereocenters. The number of hydrogen-bond acceptors (Lipinski definition) is 5. The molecule has 1 aromatic carbocycles. The first-order chi connectivity index (χ1) is 13.0. The fraction of sp³-hybridized carbons (Fsp3) is 0.300. The fourth-order valence-corrected chi connectivity index (χ4v) is 3.30. The van der Waals surface area contributed by atoms with Crippen molar-refractivity contribution in [3.05, 3.63) is 53.7 Å². The van der Waals surface area contributed by atoms with Crippen LogP contribution >= 0.6 is 0 Å². The first kappa shape index (κ1) is 17.5. The van der Waals surface area contributed by atoms with Gasteiger partial charge in [0.05, 0.1) is 11.9 Å². The number of carbonyl (C=O) groups excluding carboxylic acids is 1. The number of piperazine rings is 1. The molecule has 1 N–H and O–H groups in total. The summed E-state index contributed by atoms with van der Waals surface area (Å²) in [6.07, 6.45) is 1.63. The molecule has 2 aromatic heterocycles. The Morgan fingerprint density at radius 2 is 1.96 bits per heavy atom. The fourth-order valence-electron chi connectivity index (χ4n) is 3.30. The van der Waals surface area contributed by atoms with Gasteiger partial charge in [0, 0.05) is 37.1 Å². The summed E-state index contributed by atoms with van der Waals surface area (Å²) in [6.45, 7) is 5.61. The number of hydrogen-bond donors (Lipinski definition) is 1. The van der Waals surface area contributed by atoms with E-state index in [1.807, 2.05) is 12.1 Å². The summed E-state index contributed by atoms with van der Waals surface area (Å²) in [6, 6.07) is 8.36. The third-order valence-corrected chi connectivity index (χ3v) is 4.95. The van der Waals surface area contributed by atoms with Gasteiger partial charge >= 0.3 is 0 Å². The maximum Gasteiger partial charge on any atom is 0.291 e. The number of amides is 1. The van der Waals surface area contributed by atoms with Crippen LogP contribution < -0.4 is 10.2 Å². The Kier molecular flexibility index (Phi) is 4.53. The molecule has 1 fully saturated rings. The number of anilines is 2. The van der Waals surface area contributed by atoms with Crippen molar-refractivity contribution in [2.24, 2.45) is 0 Å². The molecule has 0 radical (unpaired) electrons. The number of pyridine rings is 1. The number of rotatable bonds is 3. The quantitative estimate of drug-likeness (QED) is 0.769. The van der Waals surface area contributed by atoms with Crippen LogP contribution in [0.3, 0.4) is 0 Å². The van der Waals surface area contributed by atoms with Crippen molar-refractivity contribution in [1.82, 2.24) is 9.88 Å². The minimum absolute atomic E-state index is 0.101. The minimum atomic E-state index is -0.479. The molecule has 3 aromatic rings. The Hall–Kier alpha value is -2.93. The van der Waals surface area contributed by atoms with Gasteiger partial charge in [-0.05, 0) is 32.2 Å². The number of halogens is 1. The Morgan fingerprint density at radius 1 is 1.19 bits per heavy atom. The molecule has 140 valence electrons. The standard InChI is InChI=1S/C20H21FN4O2/c1-13-15-4-3-5-16(21)19(15)27-18(13)20(26)23-14-6-7-17(22-12-14)25-10-8-24(2)9-11-25/h3-7,12H,8-11H2,1-2H3,(H,23,26). The molecule has 1 aliphatic rings. The molecular formula is C20H21FN4O2. The van der Waals surface area contributed by atoms with Crippen LogP contribution in [0.5, 0.6) is 0 Å². The predicted molar refractivity (Wildman–Crippen MR) is 103 cm³/mol. The SMILES string of the molecule is Cc1c(C(=O)Nc2ccc(N3CCN(C)CC3)nc2)oc2c(F)cccc12. The van der Waals surface area contributed by atoms with E-state index in [1.165, 1.54) is 6.07 Å². The zero-order chi connectivity index (χ0) is 19.0. The molecule has 0 aliphatic carbocycles. The number of para-hydroxylation sites is 1. The molecule has 0 bridgehead atoms. The second-order valence-corrected chi connectivity index (χ2v) is 6.82. The number of benzene rings is 1. The van der Waals surface area contributed by atoms with Crippen LogP contribution in [0.1, 0.15) is 16.1 Å². The zero-order valence-electron chi connectivity index (χ0n) is 15.3. The van der Waals surface area contributed by atoms with Crippen molar-refractivity contribution in [2.75, 3.05) is 43.4 Å². The van der Waals surface area contributed by atoms with Gasteiger partial charge in [-0.1, -0.05) is 12.1 Å². The Balaban J connectivity index is 1.50. The largest absolute Gasteiger partial charge is 0.448 e.